The van der Waals surface area contributed by atoms with Crippen LogP contribution in [0.3, 0.4) is 0 Å². The number of pyridine rings is 2. The number of aromatic amines is 1. The zero-order chi connectivity index (χ0) is 23.8. The molecule has 2 bridgehead atoms. The maximum Gasteiger partial charge on any atom is 0.158 e. The van der Waals surface area contributed by atoms with Crippen molar-refractivity contribution in [2.24, 2.45) is 0 Å². The summed E-state index contributed by atoms with van der Waals surface area (Å²) in [4.78, 5) is 18.7. The molecular weight excluding hydrogens is 438 g/mol. The first-order valence-corrected chi connectivity index (χ1v) is 12.9. The van der Waals surface area contributed by atoms with Gasteiger partial charge in [0.25, 0.3) is 0 Å². The van der Waals surface area contributed by atoms with Gasteiger partial charge >= 0.3 is 0 Å². The number of piperazine rings is 1. The Bertz CT molecular complexity index is 1430. The fraction of sp³-hybridized carbons (Fsp3) is 0.519. The molecule has 7 rings (SSSR count). The molecule has 3 saturated heterocycles. The summed E-state index contributed by atoms with van der Waals surface area (Å²) in [6.07, 6.45) is 6.14. The molecule has 4 aromatic rings. The average molecular weight is 472 g/mol. The molecule has 0 radical (unpaired) electrons. The van der Waals surface area contributed by atoms with Gasteiger partial charge < -0.3 is 14.6 Å². The van der Waals surface area contributed by atoms with E-state index in [0.717, 1.165) is 60.1 Å². The highest BCUT2D eigenvalue weighted by Crippen LogP contribution is 2.40. The van der Waals surface area contributed by atoms with Crippen LogP contribution >= 0.6 is 0 Å². The van der Waals surface area contributed by atoms with Gasteiger partial charge in [0.1, 0.15) is 12.1 Å². The number of H-pyrrole nitrogens is 1. The lowest BCUT2D eigenvalue weighted by Gasteiger charge is -2.37. The average Bonchev–Trinajstić information content (AvgIpc) is 3.67. The summed E-state index contributed by atoms with van der Waals surface area (Å²) in [5, 5.41) is 4.42. The Labute approximate surface area is 205 Å². The van der Waals surface area contributed by atoms with E-state index < -0.39 is 0 Å². The predicted molar refractivity (Wildman–Crippen MR) is 137 cm³/mol. The Morgan fingerprint density at radius 2 is 1.97 bits per heavy atom. The standard InChI is InChI=1S/C27H33N7O/c1-15(2)24-25(21-12-34-27(28-14-29-34)17(4)16(21)3)30-22-5-6-23(31-26(22)24)33-11-19-9-20(33)10-32(19)18-7-8-35-13-18/h5-6,12,14-15,18-20,30H,7-11,13H2,1-4H3/t18?,19-,20-/m1/s1. The van der Waals surface area contributed by atoms with Gasteiger partial charge in [0.05, 0.1) is 23.3 Å². The number of hydrogen-bond acceptors (Lipinski definition) is 6. The molecule has 35 heavy (non-hydrogen) atoms. The number of fused-ring (bicyclic) bond motifs is 4. The second kappa shape index (κ2) is 7.77. The summed E-state index contributed by atoms with van der Waals surface area (Å²) in [5.41, 5.74) is 9.07. The molecule has 1 unspecified atom stereocenters. The van der Waals surface area contributed by atoms with Crippen molar-refractivity contribution in [2.45, 2.75) is 64.6 Å². The zero-order valence-corrected chi connectivity index (χ0v) is 21.0. The second-order valence-electron chi connectivity index (χ2n) is 10.9. The molecule has 0 aliphatic carbocycles. The molecule has 1 N–H and O–H groups in total. The fourth-order valence-electron chi connectivity index (χ4n) is 6.67. The van der Waals surface area contributed by atoms with Crippen LogP contribution in [0.15, 0.2) is 24.7 Å². The molecule has 0 saturated carbocycles. The second-order valence-corrected chi connectivity index (χ2v) is 10.9. The summed E-state index contributed by atoms with van der Waals surface area (Å²) in [6, 6.07) is 6.20. The maximum atomic E-state index is 5.67. The van der Waals surface area contributed by atoms with Crippen molar-refractivity contribution in [3.63, 3.8) is 0 Å². The van der Waals surface area contributed by atoms with E-state index >= 15 is 0 Å². The zero-order valence-electron chi connectivity index (χ0n) is 21.0. The lowest BCUT2D eigenvalue weighted by atomic mass is 9.95. The quantitative estimate of drug-likeness (QED) is 0.484. The van der Waals surface area contributed by atoms with Crippen molar-refractivity contribution in [2.75, 3.05) is 31.2 Å². The molecule has 0 spiro atoms. The van der Waals surface area contributed by atoms with Crippen LogP contribution < -0.4 is 4.90 Å². The van der Waals surface area contributed by atoms with Gasteiger partial charge in [0, 0.05) is 55.1 Å². The van der Waals surface area contributed by atoms with Crippen molar-refractivity contribution in [1.29, 1.82) is 0 Å². The van der Waals surface area contributed by atoms with Crippen LogP contribution in [0, 0.1) is 13.8 Å². The van der Waals surface area contributed by atoms with Crippen molar-refractivity contribution >= 4 is 22.5 Å². The van der Waals surface area contributed by atoms with Crippen LogP contribution in [-0.2, 0) is 4.74 Å². The van der Waals surface area contributed by atoms with Crippen LogP contribution in [0.5, 0.6) is 0 Å². The van der Waals surface area contributed by atoms with Crippen LogP contribution in [0.2, 0.25) is 0 Å². The smallest absolute Gasteiger partial charge is 0.158 e. The molecule has 0 aromatic carbocycles. The normalized spacial score (nSPS) is 24.7. The van der Waals surface area contributed by atoms with Gasteiger partial charge in [-0.05, 0) is 55.9 Å². The number of likely N-dealkylation sites (tertiary alicyclic amines) is 1. The van der Waals surface area contributed by atoms with E-state index in [1.54, 1.807) is 6.33 Å². The number of anilines is 1. The predicted octanol–water partition coefficient (Wildman–Crippen LogP) is 4.06. The third-order valence-corrected chi connectivity index (χ3v) is 8.59. The van der Waals surface area contributed by atoms with Gasteiger partial charge in [-0.3, -0.25) is 4.90 Å². The summed E-state index contributed by atoms with van der Waals surface area (Å²) >= 11 is 0. The summed E-state index contributed by atoms with van der Waals surface area (Å²) in [7, 11) is 0. The molecule has 3 atom stereocenters. The molecule has 8 heteroatoms. The highest BCUT2D eigenvalue weighted by atomic mass is 16.5. The van der Waals surface area contributed by atoms with Gasteiger partial charge in [-0.15, -0.1) is 0 Å². The van der Waals surface area contributed by atoms with Crippen LogP contribution in [-0.4, -0.2) is 73.9 Å². The third kappa shape index (κ3) is 3.16. The molecule has 3 aliphatic rings. The van der Waals surface area contributed by atoms with Crippen molar-refractivity contribution in [3.8, 4) is 11.3 Å². The van der Waals surface area contributed by atoms with Crippen LogP contribution in [0.25, 0.3) is 27.9 Å². The largest absolute Gasteiger partial charge is 0.380 e. The summed E-state index contributed by atoms with van der Waals surface area (Å²) in [5.74, 6) is 1.44. The molecule has 3 aliphatic heterocycles. The van der Waals surface area contributed by atoms with E-state index in [-0.39, 0.29) is 0 Å². The number of aromatic nitrogens is 5. The Balaban J connectivity index is 1.28. The summed E-state index contributed by atoms with van der Waals surface area (Å²) < 4.78 is 7.55. The number of rotatable bonds is 4. The van der Waals surface area contributed by atoms with Gasteiger partial charge in [-0.25, -0.2) is 14.5 Å². The maximum absolute atomic E-state index is 5.67. The van der Waals surface area contributed by atoms with E-state index in [9.17, 15) is 0 Å². The Morgan fingerprint density at radius 1 is 1.09 bits per heavy atom. The molecular formula is C27H33N7O. The lowest BCUT2D eigenvalue weighted by molar-refractivity contribution is 0.129. The van der Waals surface area contributed by atoms with Crippen molar-refractivity contribution in [1.82, 2.24) is 29.5 Å². The number of ether oxygens (including phenoxy) is 1. The minimum absolute atomic E-state index is 0.334. The first-order valence-electron chi connectivity index (χ1n) is 12.9. The Morgan fingerprint density at radius 3 is 2.71 bits per heavy atom. The van der Waals surface area contributed by atoms with Crippen LogP contribution in [0.1, 0.15) is 49.3 Å². The fourth-order valence-corrected chi connectivity index (χ4v) is 6.67. The first kappa shape index (κ1) is 21.3. The van der Waals surface area contributed by atoms with Gasteiger partial charge in [0.15, 0.2) is 5.65 Å². The van der Waals surface area contributed by atoms with Crippen LogP contribution in [0.4, 0.5) is 5.82 Å². The minimum atomic E-state index is 0.334. The number of hydrogen-bond donors (Lipinski definition) is 1. The lowest BCUT2D eigenvalue weighted by Crippen LogP contribution is -2.50. The monoisotopic (exact) mass is 471 g/mol. The van der Waals surface area contributed by atoms with E-state index in [1.807, 2.05) is 4.52 Å². The van der Waals surface area contributed by atoms with Crippen molar-refractivity contribution < 1.29 is 4.74 Å². The molecule has 7 heterocycles. The highest BCUT2D eigenvalue weighted by molar-refractivity contribution is 5.90. The SMILES string of the molecule is Cc1c(-c2[nH]c3ccc(N4C[C@H]5C[C@@H]4CN5C4CCOC4)nc3c2C(C)C)cn2ncnc2c1C. The van der Waals surface area contributed by atoms with Gasteiger partial charge in [-0.1, -0.05) is 13.8 Å². The number of nitrogens with one attached hydrogen (secondary N) is 1. The molecule has 0 amide bonds. The highest BCUT2D eigenvalue weighted by Gasteiger charge is 2.46. The van der Waals surface area contributed by atoms with Gasteiger partial charge in [0.2, 0.25) is 0 Å². The van der Waals surface area contributed by atoms with Crippen molar-refractivity contribution in [3.05, 3.63) is 41.3 Å². The topological polar surface area (TPSA) is 74.6 Å². The molecule has 3 fully saturated rings. The Hall–Kier alpha value is -2.97. The molecule has 8 nitrogen and oxygen atoms in total. The Kier molecular flexibility index (Phi) is 4.73. The van der Waals surface area contributed by atoms with E-state index in [1.165, 1.54) is 29.5 Å². The number of aryl methyl sites for hydroxylation is 1. The van der Waals surface area contributed by atoms with E-state index in [0.29, 0.717) is 24.0 Å². The third-order valence-electron chi connectivity index (χ3n) is 8.59. The number of nitrogens with zero attached hydrogens (tertiary/aromatic N) is 6. The first-order chi connectivity index (χ1) is 17.0. The summed E-state index contributed by atoms with van der Waals surface area (Å²) in [6.45, 7) is 12.8. The minimum Gasteiger partial charge on any atom is -0.380 e. The van der Waals surface area contributed by atoms with E-state index in [4.69, 9.17) is 9.72 Å². The molecule has 4 aromatic heterocycles. The molecule has 182 valence electrons. The van der Waals surface area contributed by atoms with E-state index in [2.05, 4.69) is 70.9 Å². The van der Waals surface area contributed by atoms with Gasteiger partial charge in [-0.2, -0.15) is 5.10 Å².